The molecule has 0 radical (unpaired) electrons. The summed E-state index contributed by atoms with van der Waals surface area (Å²) in [5, 5.41) is 5.46. The number of anilines is 1. The van der Waals surface area contributed by atoms with Crippen LogP contribution in [0.3, 0.4) is 0 Å². The number of benzene rings is 1. The minimum atomic E-state index is -0.673. The maximum Gasteiger partial charge on any atom is 0.229 e. The highest BCUT2D eigenvalue weighted by Gasteiger charge is 2.11. The van der Waals surface area contributed by atoms with E-state index in [4.69, 9.17) is 5.73 Å². The van der Waals surface area contributed by atoms with Gasteiger partial charge in [0.1, 0.15) is 6.42 Å². The zero-order valence-corrected chi connectivity index (χ0v) is 13.0. The maximum absolute atomic E-state index is 12.0. The van der Waals surface area contributed by atoms with E-state index in [-0.39, 0.29) is 18.9 Å². The molecule has 0 aromatic heterocycles. The minimum absolute atomic E-state index is 0.0507. The highest BCUT2D eigenvalue weighted by molar-refractivity contribution is 5.96. The molecular formula is C16H23N3O3. The number of para-hydroxylation sites is 1. The Morgan fingerprint density at radius 2 is 1.86 bits per heavy atom. The third-order valence-corrected chi connectivity index (χ3v) is 3.33. The van der Waals surface area contributed by atoms with Crippen LogP contribution in [0.25, 0.3) is 0 Å². The molecule has 0 aliphatic rings. The lowest BCUT2D eigenvalue weighted by molar-refractivity contribution is -0.127. The van der Waals surface area contributed by atoms with Crippen molar-refractivity contribution in [2.24, 2.45) is 11.7 Å². The molecule has 0 saturated heterocycles. The fourth-order valence-electron chi connectivity index (χ4n) is 1.87. The summed E-state index contributed by atoms with van der Waals surface area (Å²) in [5.41, 5.74) is 6.40. The van der Waals surface area contributed by atoms with Crippen molar-refractivity contribution in [1.29, 1.82) is 0 Å². The molecule has 0 heterocycles. The van der Waals surface area contributed by atoms with Crippen LogP contribution in [0.1, 0.15) is 38.7 Å². The summed E-state index contributed by atoms with van der Waals surface area (Å²) in [5.74, 6) is -0.839. The van der Waals surface area contributed by atoms with Gasteiger partial charge >= 0.3 is 0 Å². The van der Waals surface area contributed by atoms with Crippen molar-refractivity contribution in [2.45, 2.75) is 39.7 Å². The summed E-state index contributed by atoms with van der Waals surface area (Å²) in [7, 11) is 0. The molecule has 0 aliphatic heterocycles. The standard InChI is InChI=1S/C16H23N3O3/c1-3-11(2)8-16(22)19-13-7-5-4-6-12(13)10-18-15(21)9-14(17)20/h4-7,11H,3,8-10H2,1-2H3,(H2,17,20)(H,18,21)(H,19,22). The molecule has 1 aromatic carbocycles. The molecule has 1 atom stereocenters. The number of hydrogen-bond donors (Lipinski definition) is 3. The van der Waals surface area contributed by atoms with Gasteiger partial charge < -0.3 is 16.4 Å². The van der Waals surface area contributed by atoms with Gasteiger partial charge in [-0.15, -0.1) is 0 Å². The van der Waals surface area contributed by atoms with Gasteiger partial charge in [-0.25, -0.2) is 0 Å². The molecule has 0 spiro atoms. The molecule has 0 bridgehead atoms. The average Bonchev–Trinajstić information content (AvgIpc) is 2.45. The number of hydrogen-bond acceptors (Lipinski definition) is 3. The van der Waals surface area contributed by atoms with Crippen molar-refractivity contribution in [2.75, 3.05) is 5.32 Å². The Morgan fingerprint density at radius 1 is 1.18 bits per heavy atom. The van der Waals surface area contributed by atoms with Gasteiger partial charge in [0.25, 0.3) is 0 Å². The number of nitrogens with two attached hydrogens (primary N) is 1. The molecule has 0 aliphatic carbocycles. The van der Waals surface area contributed by atoms with Gasteiger partial charge in [0.05, 0.1) is 0 Å². The predicted molar refractivity (Wildman–Crippen MR) is 84.8 cm³/mol. The molecule has 4 N–H and O–H groups in total. The summed E-state index contributed by atoms with van der Waals surface area (Å²) < 4.78 is 0. The molecule has 1 unspecified atom stereocenters. The summed E-state index contributed by atoms with van der Waals surface area (Å²) in [6.45, 7) is 4.29. The van der Waals surface area contributed by atoms with Crippen LogP contribution in [-0.4, -0.2) is 17.7 Å². The van der Waals surface area contributed by atoms with Crippen LogP contribution in [0.4, 0.5) is 5.69 Å². The Balaban J connectivity index is 2.63. The van der Waals surface area contributed by atoms with Crippen LogP contribution in [0.15, 0.2) is 24.3 Å². The minimum Gasteiger partial charge on any atom is -0.369 e. The van der Waals surface area contributed by atoms with E-state index in [0.717, 1.165) is 12.0 Å². The lowest BCUT2D eigenvalue weighted by Crippen LogP contribution is -2.28. The second-order valence-electron chi connectivity index (χ2n) is 5.34. The van der Waals surface area contributed by atoms with Crippen molar-refractivity contribution in [3.05, 3.63) is 29.8 Å². The van der Waals surface area contributed by atoms with Crippen LogP contribution in [-0.2, 0) is 20.9 Å². The van der Waals surface area contributed by atoms with Crippen LogP contribution in [0.2, 0.25) is 0 Å². The fraction of sp³-hybridized carbons (Fsp3) is 0.438. The summed E-state index contributed by atoms with van der Waals surface area (Å²) in [6, 6.07) is 7.22. The molecular weight excluding hydrogens is 282 g/mol. The quantitative estimate of drug-likeness (QED) is 0.635. The molecule has 22 heavy (non-hydrogen) atoms. The zero-order chi connectivity index (χ0) is 16.5. The molecule has 120 valence electrons. The van der Waals surface area contributed by atoms with E-state index in [2.05, 4.69) is 10.6 Å². The largest absolute Gasteiger partial charge is 0.369 e. The van der Waals surface area contributed by atoms with Crippen molar-refractivity contribution in [1.82, 2.24) is 5.32 Å². The average molecular weight is 305 g/mol. The van der Waals surface area contributed by atoms with Crippen molar-refractivity contribution < 1.29 is 14.4 Å². The smallest absolute Gasteiger partial charge is 0.229 e. The molecule has 0 saturated carbocycles. The maximum atomic E-state index is 12.0. The molecule has 6 heteroatoms. The number of rotatable bonds is 8. The zero-order valence-electron chi connectivity index (χ0n) is 13.0. The van der Waals surface area contributed by atoms with E-state index in [1.165, 1.54) is 0 Å². The van der Waals surface area contributed by atoms with E-state index >= 15 is 0 Å². The lowest BCUT2D eigenvalue weighted by Gasteiger charge is -2.13. The molecule has 6 nitrogen and oxygen atoms in total. The number of nitrogens with one attached hydrogen (secondary N) is 2. The van der Waals surface area contributed by atoms with Crippen LogP contribution in [0.5, 0.6) is 0 Å². The van der Waals surface area contributed by atoms with Gasteiger partial charge in [-0.1, -0.05) is 38.5 Å². The van der Waals surface area contributed by atoms with Crippen LogP contribution < -0.4 is 16.4 Å². The molecule has 3 amide bonds. The molecule has 1 rings (SSSR count). The van der Waals surface area contributed by atoms with Crippen molar-refractivity contribution in [3.8, 4) is 0 Å². The van der Waals surface area contributed by atoms with Gasteiger partial charge in [-0.2, -0.15) is 0 Å². The topological polar surface area (TPSA) is 101 Å². The molecule has 1 aromatic rings. The highest BCUT2D eigenvalue weighted by atomic mass is 16.2. The summed E-state index contributed by atoms with van der Waals surface area (Å²) >= 11 is 0. The summed E-state index contributed by atoms with van der Waals surface area (Å²) in [4.78, 5) is 34.1. The second-order valence-corrected chi connectivity index (χ2v) is 5.34. The highest BCUT2D eigenvalue weighted by Crippen LogP contribution is 2.16. The van der Waals surface area contributed by atoms with E-state index in [1.54, 1.807) is 6.07 Å². The summed E-state index contributed by atoms with van der Waals surface area (Å²) in [6.07, 6.45) is 1.06. The Labute approximate surface area is 130 Å². The first kappa shape index (κ1) is 17.7. The van der Waals surface area contributed by atoms with Gasteiger partial charge in [0.15, 0.2) is 0 Å². The normalized spacial score (nSPS) is 11.5. The van der Waals surface area contributed by atoms with Crippen molar-refractivity contribution >= 4 is 23.4 Å². The van der Waals surface area contributed by atoms with E-state index in [1.807, 2.05) is 32.0 Å². The van der Waals surface area contributed by atoms with E-state index in [0.29, 0.717) is 18.0 Å². The predicted octanol–water partition coefficient (Wildman–Crippen LogP) is 1.55. The van der Waals surface area contributed by atoms with Gasteiger partial charge in [-0.05, 0) is 17.5 Å². The Kier molecular flexibility index (Phi) is 7.08. The first-order valence-electron chi connectivity index (χ1n) is 7.35. The van der Waals surface area contributed by atoms with E-state index in [9.17, 15) is 14.4 Å². The number of carbonyl (C=O) groups is 3. The van der Waals surface area contributed by atoms with Crippen molar-refractivity contribution in [3.63, 3.8) is 0 Å². The first-order valence-corrected chi connectivity index (χ1v) is 7.35. The number of amides is 3. The van der Waals surface area contributed by atoms with E-state index < -0.39 is 11.8 Å². The lowest BCUT2D eigenvalue weighted by atomic mass is 10.0. The monoisotopic (exact) mass is 305 g/mol. The van der Waals surface area contributed by atoms with Crippen LogP contribution >= 0.6 is 0 Å². The second kappa shape index (κ2) is 8.81. The SMILES string of the molecule is CCC(C)CC(=O)Nc1ccccc1CNC(=O)CC(N)=O. The first-order chi connectivity index (χ1) is 10.4. The molecule has 0 fully saturated rings. The Morgan fingerprint density at radius 3 is 2.50 bits per heavy atom. The van der Waals surface area contributed by atoms with Gasteiger partial charge in [-0.3, -0.25) is 14.4 Å². The Hall–Kier alpha value is -2.37. The van der Waals surface area contributed by atoms with Crippen LogP contribution in [0, 0.1) is 5.92 Å². The van der Waals surface area contributed by atoms with Gasteiger partial charge in [0.2, 0.25) is 17.7 Å². The fourth-order valence-corrected chi connectivity index (χ4v) is 1.87. The van der Waals surface area contributed by atoms with Gasteiger partial charge in [0, 0.05) is 18.7 Å². The Bertz CT molecular complexity index is 543. The number of carbonyl (C=O) groups excluding carboxylic acids is 3. The number of primary amides is 1. The third kappa shape index (κ3) is 6.39. The third-order valence-electron chi connectivity index (χ3n) is 3.33.